The molecule has 2 aliphatic rings. The van der Waals surface area contributed by atoms with Gasteiger partial charge >= 0.3 is 0 Å². The molecule has 0 aromatic rings. The molecule has 0 N–H and O–H groups in total. The lowest BCUT2D eigenvalue weighted by atomic mass is 10.1. The summed E-state index contributed by atoms with van der Waals surface area (Å²) < 4.78 is 17.8. The predicted molar refractivity (Wildman–Crippen MR) is 85.4 cm³/mol. The summed E-state index contributed by atoms with van der Waals surface area (Å²) in [6.07, 6.45) is 2.95. The van der Waals surface area contributed by atoms with Crippen molar-refractivity contribution in [2.45, 2.75) is 59.7 Å². The molecule has 2 saturated carbocycles. The third-order valence-electron chi connectivity index (χ3n) is 5.29. The lowest BCUT2D eigenvalue weighted by Crippen LogP contribution is -2.30. The van der Waals surface area contributed by atoms with E-state index in [4.69, 9.17) is 14.2 Å². The van der Waals surface area contributed by atoms with E-state index in [1.54, 1.807) is 0 Å². The standard InChI is InChI=1S/C18H34O3/c1-6-12(3)8-19-10-15(11-20-9-13(4)7-2)21-18-16-14(5)17(16)18/h12-18H,6-11H2,1-5H3. The molecule has 21 heavy (non-hydrogen) atoms. The molecule has 3 nitrogen and oxygen atoms in total. The molecule has 0 aromatic carbocycles. The van der Waals surface area contributed by atoms with E-state index in [1.165, 1.54) is 12.8 Å². The van der Waals surface area contributed by atoms with Crippen molar-refractivity contribution in [2.24, 2.45) is 29.6 Å². The Hall–Kier alpha value is -0.120. The molecule has 0 heterocycles. The van der Waals surface area contributed by atoms with Crippen LogP contribution in [0, 0.1) is 29.6 Å². The first-order valence-corrected chi connectivity index (χ1v) is 8.89. The second-order valence-electron chi connectivity index (χ2n) is 7.34. The van der Waals surface area contributed by atoms with Crippen LogP contribution in [0.15, 0.2) is 0 Å². The summed E-state index contributed by atoms with van der Waals surface area (Å²) in [6.45, 7) is 14.2. The van der Waals surface area contributed by atoms with Crippen molar-refractivity contribution in [1.29, 1.82) is 0 Å². The topological polar surface area (TPSA) is 27.7 Å². The van der Waals surface area contributed by atoms with Gasteiger partial charge in [-0.05, 0) is 29.6 Å². The van der Waals surface area contributed by atoms with Gasteiger partial charge in [-0.2, -0.15) is 0 Å². The number of rotatable bonds is 12. The van der Waals surface area contributed by atoms with Gasteiger partial charge in [0.15, 0.2) is 0 Å². The lowest BCUT2D eigenvalue weighted by molar-refractivity contribution is -0.0880. The second-order valence-corrected chi connectivity index (χ2v) is 7.34. The highest BCUT2D eigenvalue weighted by molar-refractivity contribution is 5.19. The van der Waals surface area contributed by atoms with E-state index in [0.29, 0.717) is 31.2 Å². The first kappa shape index (κ1) is 17.2. The molecule has 2 aliphatic carbocycles. The van der Waals surface area contributed by atoms with Gasteiger partial charge < -0.3 is 14.2 Å². The molecule has 0 amide bonds. The van der Waals surface area contributed by atoms with E-state index in [2.05, 4.69) is 34.6 Å². The Morgan fingerprint density at radius 2 is 1.29 bits per heavy atom. The van der Waals surface area contributed by atoms with E-state index in [9.17, 15) is 0 Å². The van der Waals surface area contributed by atoms with Crippen molar-refractivity contribution >= 4 is 0 Å². The van der Waals surface area contributed by atoms with Gasteiger partial charge in [0.05, 0.1) is 19.3 Å². The number of hydrogen-bond acceptors (Lipinski definition) is 3. The van der Waals surface area contributed by atoms with Crippen molar-refractivity contribution in [3.8, 4) is 0 Å². The highest BCUT2D eigenvalue weighted by Crippen LogP contribution is 2.69. The lowest BCUT2D eigenvalue weighted by Gasteiger charge is -2.22. The minimum Gasteiger partial charge on any atom is -0.378 e. The summed E-state index contributed by atoms with van der Waals surface area (Å²) in [5.74, 6) is 3.84. The largest absolute Gasteiger partial charge is 0.378 e. The minimum absolute atomic E-state index is 0.114. The summed E-state index contributed by atoms with van der Waals surface area (Å²) in [4.78, 5) is 0. The van der Waals surface area contributed by atoms with E-state index in [0.717, 1.165) is 31.0 Å². The SMILES string of the molecule is CCC(C)COCC(COCC(C)CC)OC1C2C(C)C12. The zero-order valence-electron chi connectivity index (χ0n) is 14.5. The van der Waals surface area contributed by atoms with Gasteiger partial charge in [-0.25, -0.2) is 0 Å². The smallest absolute Gasteiger partial charge is 0.104 e. The van der Waals surface area contributed by atoms with Gasteiger partial charge in [-0.1, -0.05) is 47.5 Å². The van der Waals surface area contributed by atoms with E-state index >= 15 is 0 Å². The second kappa shape index (κ2) is 7.94. The Kier molecular flexibility index (Phi) is 6.51. The van der Waals surface area contributed by atoms with Crippen LogP contribution in [0.5, 0.6) is 0 Å². The molecule has 0 radical (unpaired) electrons. The van der Waals surface area contributed by atoms with Crippen molar-refractivity contribution in [2.75, 3.05) is 26.4 Å². The summed E-state index contributed by atoms with van der Waals surface area (Å²) in [5.41, 5.74) is 0. The van der Waals surface area contributed by atoms with Gasteiger partial charge in [-0.15, -0.1) is 0 Å². The van der Waals surface area contributed by atoms with E-state index < -0.39 is 0 Å². The summed E-state index contributed by atoms with van der Waals surface area (Å²) in [7, 11) is 0. The molecule has 0 spiro atoms. The zero-order valence-corrected chi connectivity index (χ0v) is 14.5. The maximum atomic E-state index is 6.17. The monoisotopic (exact) mass is 298 g/mol. The third kappa shape index (κ3) is 4.94. The fourth-order valence-electron chi connectivity index (χ4n) is 2.87. The zero-order chi connectivity index (χ0) is 15.4. The number of hydrogen-bond donors (Lipinski definition) is 0. The van der Waals surface area contributed by atoms with E-state index in [1.807, 2.05) is 0 Å². The third-order valence-corrected chi connectivity index (χ3v) is 5.29. The van der Waals surface area contributed by atoms with Crippen LogP contribution in [-0.2, 0) is 14.2 Å². The summed E-state index contributed by atoms with van der Waals surface area (Å²) in [6, 6.07) is 0. The summed E-state index contributed by atoms with van der Waals surface area (Å²) in [5, 5.41) is 0. The normalized spacial score (nSPS) is 34.1. The fraction of sp³-hybridized carbons (Fsp3) is 1.00. The maximum Gasteiger partial charge on any atom is 0.104 e. The molecule has 0 bridgehead atoms. The molecule has 4 atom stereocenters. The Balaban J connectivity index is 1.63. The highest BCUT2D eigenvalue weighted by Gasteiger charge is 2.72. The molecule has 124 valence electrons. The average Bonchev–Trinajstić information content (AvgIpc) is 3.37. The molecule has 0 saturated heterocycles. The fourth-order valence-corrected chi connectivity index (χ4v) is 2.87. The maximum absolute atomic E-state index is 6.17. The van der Waals surface area contributed by atoms with Gasteiger partial charge in [0.1, 0.15) is 6.10 Å². The average molecular weight is 298 g/mol. The molecular weight excluding hydrogens is 264 g/mol. The van der Waals surface area contributed by atoms with Crippen LogP contribution < -0.4 is 0 Å². The minimum atomic E-state index is 0.114. The van der Waals surface area contributed by atoms with Crippen molar-refractivity contribution in [1.82, 2.24) is 0 Å². The van der Waals surface area contributed by atoms with Crippen LogP contribution in [-0.4, -0.2) is 38.6 Å². The van der Waals surface area contributed by atoms with Crippen LogP contribution in [0.4, 0.5) is 0 Å². The molecule has 4 unspecified atom stereocenters. The number of fused-ring (bicyclic) bond motifs is 1. The molecule has 0 aromatic heterocycles. The number of ether oxygens (including phenoxy) is 3. The molecule has 2 rings (SSSR count). The van der Waals surface area contributed by atoms with Crippen LogP contribution in [0.1, 0.15) is 47.5 Å². The van der Waals surface area contributed by atoms with Gasteiger partial charge in [0, 0.05) is 13.2 Å². The molecule has 0 aliphatic heterocycles. The Morgan fingerprint density at radius 1 is 0.810 bits per heavy atom. The predicted octanol–water partition coefficient (Wildman–Crippen LogP) is 3.76. The molecule has 3 heteroatoms. The van der Waals surface area contributed by atoms with Crippen molar-refractivity contribution < 1.29 is 14.2 Å². The van der Waals surface area contributed by atoms with Crippen LogP contribution in [0.3, 0.4) is 0 Å². The quantitative estimate of drug-likeness (QED) is 0.549. The Labute approximate surface area is 130 Å². The Bertz CT molecular complexity index is 281. The van der Waals surface area contributed by atoms with Crippen LogP contribution in [0.25, 0.3) is 0 Å². The first-order valence-electron chi connectivity index (χ1n) is 8.89. The summed E-state index contributed by atoms with van der Waals surface area (Å²) >= 11 is 0. The first-order chi connectivity index (χ1) is 10.1. The van der Waals surface area contributed by atoms with Gasteiger partial charge in [0.25, 0.3) is 0 Å². The van der Waals surface area contributed by atoms with Gasteiger partial charge in [0.2, 0.25) is 0 Å². The van der Waals surface area contributed by atoms with Crippen LogP contribution >= 0.6 is 0 Å². The Morgan fingerprint density at radius 3 is 1.67 bits per heavy atom. The highest BCUT2D eigenvalue weighted by atomic mass is 16.6. The van der Waals surface area contributed by atoms with Crippen LogP contribution in [0.2, 0.25) is 0 Å². The molecular formula is C18H34O3. The van der Waals surface area contributed by atoms with Gasteiger partial charge in [-0.3, -0.25) is 0 Å². The molecule has 2 fully saturated rings. The van der Waals surface area contributed by atoms with Crippen molar-refractivity contribution in [3.63, 3.8) is 0 Å². The van der Waals surface area contributed by atoms with E-state index in [-0.39, 0.29) is 6.10 Å². The van der Waals surface area contributed by atoms with Crippen molar-refractivity contribution in [3.05, 3.63) is 0 Å².